The quantitative estimate of drug-likeness (QED) is 0.790. The van der Waals surface area contributed by atoms with E-state index in [-0.39, 0.29) is 0 Å². The van der Waals surface area contributed by atoms with Crippen LogP contribution in [0, 0.1) is 12.3 Å². The number of hydrogen-bond donors (Lipinski definition) is 1. The molecule has 1 fully saturated rings. The van der Waals surface area contributed by atoms with Crippen LogP contribution < -0.4 is 5.32 Å². The molecular weight excluding hydrogens is 290 g/mol. The van der Waals surface area contributed by atoms with Crippen LogP contribution in [-0.4, -0.2) is 16.0 Å². The van der Waals surface area contributed by atoms with Crippen LogP contribution in [0.3, 0.4) is 0 Å². The Hall–Kier alpha value is -0.870. The van der Waals surface area contributed by atoms with Gasteiger partial charge < -0.3 is 5.32 Å². The van der Waals surface area contributed by atoms with Gasteiger partial charge in [0, 0.05) is 10.9 Å². The number of fused-ring (bicyclic) bond motifs is 1. The van der Waals surface area contributed by atoms with E-state index in [4.69, 9.17) is 11.6 Å². The fraction of sp³-hybridized carbons (Fsp3) is 0.600. The topological polar surface area (TPSA) is 37.8 Å². The van der Waals surface area contributed by atoms with Crippen LogP contribution in [0.2, 0.25) is 5.28 Å². The van der Waals surface area contributed by atoms with Crippen molar-refractivity contribution in [1.82, 2.24) is 9.97 Å². The van der Waals surface area contributed by atoms with Gasteiger partial charge >= 0.3 is 0 Å². The first kappa shape index (κ1) is 14.1. The van der Waals surface area contributed by atoms with Crippen LogP contribution >= 0.6 is 22.9 Å². The smallest absolute Gasteiger partial charge is 0.225 e. The van der Waals surface area contributed by atoms with E-state index in [1.54, 1.807) is 11.3 Å². The highest BCUT2D eigenvalue weighted by Crippen LogP contribution is 2.37. The predicted molar refractivity (Wildman–Crippen MR) is 86.8 cm³/mol. The standard InChI is InChI=1S/C15H20ClN3S/c1-9-8-11-12(18-14(16)19-13(11)20-9)17-10-4-6-15(2,3)7-5-10/h8,10H,4-7H2,1-3H3,(H,17,18,19). The average molecular weight is 310 g/mol. The van der Waals surface area contributed by atoms with Gasteiger partial charge in [0.05, 0.1) is 5.39 Å². The highest BCUT2D eigenvalue weighted by molar-refractivity contribution is 7.18. The third kappa shape index (κ3) is 2.91. The summed E-state index contributed by atoms with van der Waals surface area (Å²) >= 11 is 7.71. The summed E-state index contributed by atoms with van der Waals surface area (Å²) in [5.41, 5.74) is 0.482. The largest absolute Gasteiger partial charge is 0.367 e. The van der Waals surface area contributed by atoms with Crippen LogP contribution in [0.5, 0.6) is 0 Å². The summed E-state index contributed by atoms with van der Waals surface area (Å²) in [7, 11) is 0. The number of aryl methyl sites for hydroxylation is 1. The number of nitrogens with one attached hydrogen (secondary N) is 1. The SMILES string of the molecule is Cc1cc2c(NC3CCC(C)(C)CC3)nc(Cl)nc2s1. The lowest BCUT2D eigenvalue weighted by Gasteiger charge is -2.34. The summed E-state index contributed by atoms with van der Waals surface area (Å²) in [4.78, 5) is 10.9. The lowest BCUT2D eigenvalue weighted by Crippen LogP contribution is -2.30. The molecule has 0 unspecified atom stereocenters. The molecule has 2 heterocycles. The predicted octanol–water partition coefficient (Wildman–Crippen LogP) is 5.03. The van der Waals surface area contributed by atoms with Gasteiger partial charge in [-0.3, -0.25) is 0 Å². The summed E-state index contributed by atoms with van der Waals surface area (Å²) < 4.78 is 0. The van der Waals surface area contributed by atoms with E-state index in [1.807, 2.05) is 0 Å². The maximum absolute atomic E-state index is 6.04. The molecule has 1 aliphatic rings. The molecule has 0 aliphatic heterocycles. The number of hydrogen-bond acceptors (Lipinski definition) is 4. The van der Waals surface area contributed by atoms with Crippen molar-refractivity contribution < 1.29 is 0 Å². The van der Waals surface area contributed by atoms with E-state index < -0.39 is 0 Å². The molecule has 5 heteroatoms. The molecule has 3 nitrogen and oxygen atoms in total. The molecule has 0 atom stereocenters. The maximum Gasteiger partial charge on any atom is 0.225 e. The van der Waals surface area contributed by atoms with Gasteiger partial charge in [-0.2, -0.15) is 0 Å². The van der Waals surface area contributed by atoms with Gasteiger partial charge in [-0.1, -0.05) is 13.8 Å². The minimum absolute atomic E-state index is 0.331. The Morgan fingerprint density at radius 3 is 2.70 bits per heavy atom. The second-order valence-corrected chi connectivity index (χ2v) is 8.07. The first-order valence-corrected chi connectivity index (χ1v) is 8.33. The first-order chi connectivity index (χ1) is 9.43. The van der Waals surface area contributed by atoms with Crippen molar-refractivity contribution in [2.24, 2.45) is 5.41 Å². The second-order valence-electron chi connectivity index (χ2n) is 6.50. The second kappa shape index (κ2) is 5.15. The van der Waals surface area contributed by atoms with Crippen molar-refractivity contribution in [2.45, 2.75) is 52.5 Å². The Balaban J connectivity index is 1.84. The van der Waals surface area contributed by atoms with Crippen molar-refractivity contribution in [1.29, 1.82) is 0 Å². The van der Waals surface area contributed by atoms with Gasteiger partial charge in [0.2, 0.25) is 5.28 Å². The molecule has 1 aliphatic carbocycles. The summed E-state index contributed by atoms with van der Waals surface area (Å²) in [5.74, 6) is 0.897. The van der Waals surface area contributed by atoms with Crippen molar-refractivity contribution in [3.8, 4) is 0 Å². The van der Waals surface area contributed by atoms with Crippen molar-refractivity contribution in [3.05, 3.63) is 16.2 Å². The third-order valence-corrected chi connectivity index (χ3v) is 5.28. The summed E-state index contributed by atoms with van der Waals surface area (Å²) in [6, 6.07) is 2.64. The van der Waals surface area contributed by atoms with E-state index in [0.717, 1.165) is 16.0 Å². The normalized spacial score (nSPS) is 19.4. The molecule has 0 saturated heterocycles. The van der Waals surface area contributed by atoms with Crippen LogP contribution in [-0.2, 0) is 0 Å². The molecular formula is C15H20ClN3S. The van der Waals surface area contributed by atoms with Crippen LogP contribution in [0.4, 0.5) is 5.82 Å². The van der Waals surface area contributed by atoms with E-state index >= 15 is 0 Å². The van der Waals surface area contributed by atoms with Crippen LogP contribution in [0.1, 0.15) is 44.4 Å². The summed E-state index contributed by atoms with van der Waals surface area (Å²) in [6.07, 6.45) is 4.91. The maximum atomic E-state index is 6.04. The van der Waals surface area contributed by atoms with Gasteiger partial charge in [0.15, 0.2) is 0 Å². The number of thiophene rings is 1. The molecule has 2 aromatic heterocycles. The Morgan fingerprint density at radius 1 is 1.30 bits per heavy atom. The summed E-state index contributed by atoms with van der Waals surface area (Å²) in [6.45, 7) is 6.80. The number of aromatic nitrogens is 2. The molecule has 1 N–H and O–H groups in total. The molecule has 20 heavy (non-hydrogen) atoms. The van der Waals surface area contributed by atoms with Crippen LogP contribution in [0.15, 0.2) is 6.07 Å². The fourth-order valence-electron chi connectivity index (χ4n) is 2.86. The van der Waals surface area contributed by atoms with Gasteiger partial charge in [0.1, 0.15) is 10.6 Å². The molecule has 0 bridgehead atoms. The molecule has 0 amide bonds. The Kier molecular flexibility index (Phi) is 3.63. The number of halogens is 1. The number of rotatable bonds is 2. The first-order valence-electron chi connectivity index (χ1n) is 7.13. The molecule has 108 valence electrons. The lowest BCUT2D eigenvalue weighted by molar-refractivity contribution is 0.232. The number of anilines is 1. The van der Waals surface area contributed by atoms with Crippen LogP contribution in [0.25, 0.3) is 10.2 Å². The molecule has 0 spiro atoms. The van der Waals surface area contributed by atoms with Crippen molar-refractivity contribution >= 4 is 39.0 Å². The zero-order valence-electron chi connectivity index (χ0n) is 12.2. The van der Waals surface area contributed by atoms with E-state index in [2.05, 4.69) is 42.1 Å². The Labute approximate surface area is 128 Å². The molecule has 3 rings (SSSR count). The molecule has 0 radical (unpaired) electrons. The van der Waals surface area contributed by atoms with E-state index in [9.17, 15) is 0 Å². The van der Waals surface area contributed by atoms with Gasteiger partial charge in [0.25, 0.3) is 0 Å². The molecule has 2 aromatic rings. The lowest BCUT2D eigenvalue weighted by atomic mass is 9.75. The summed E-state index contributed by atoms with van der Waals surface area (Å²) in [5, 5.41) is 5.02. The third-order valence-electron chi connectivity index (χ3n) is 4.17. The van der Waals surface area contributed by atoms with Crippen molar-refractivity contribution in [2.75, 3.05) is 5.32 Å². The highest BCUT2D eigenvalue weighted by Gasteiger charge is 2.27. The van der Waals surface area contributed by atoms with Gasteiger partial charge in [-0.15, -0.1) is 11.3 Å². The Morgan fingerprint density at radius 2 is 2.00 bits per heavy atom. The minimum atomic E-state index is 0.331. The average Bonchev–Trinajstić information content (AvgIpc) is 2.72. The van der Waals surface area contributed by atoms with E-state index in [1.165, 1.54) is 30.6 Å². The fourth-order valence-corrected chi connectivity index (χ4v) is 3.96. The Bertz CT molecular complexity index is 625. The molecule has 0 aromatic carbocycles. The monoisotopic (exact) mass is 309 g/mol. The van der Waals surface area contributed by atoms with Gasteiger partial charge in [-0.05, 0) is 55.7 Å². The van der Waals surface area contributed by atoms with Crippen molar-refractivity contribution in [3.63, 3.8) is 0 Å². The highest BCUT2D eigenvalue weighted by atomic mass is 35.5. The zero-order valence-corrected chi connectivity index (χ0v) is 13.7. The zero-order chi connectivity index (χ0) is 14.3. The van der Waals surface area contributed by atoms with Gasteiger partial charge in [-0.25, -0.2) is 9.97 Å². The number of nitrogens with zero attached hydrogens (tertiary/aromatic N) is 2. The van der Waals surface area contributed by atoms with E-state index in [0.29, 0.717) is 16.7 Å². The molecule has 1 saturated carbocycles. The minimum Gasteiger partial charge on any atom is -0.367 e.